The van der Waals surface area contributed by atoms with Crippen molar-refractivity contribution in [3.63, 3.8) is 0 Å². The van der Waals surface area contributed by atoms with Crippen molar-refractivity contribution >= 4 is 5.69 Å². The van der Waals surface area contributed by atoms with Gasteiger partial charge in [-0.15, -0.1) is 0 Å². The predicted octanol–water partition coefficient (Wildman–Crippen LogP) is 2.71. The summed E-state index contributed by atoms with van der Waals surface area (Å²) >= 11 is 0. The topological polar surface area (TPSA) is 29.3 Å². The maximum absolute atomic E-state index is 13.3. The van der Waals surface area contributed by atoms with E-state index in [0.717, 1.165) is 31.6 Å². The van der Waals surface area contributed by atoms with E-state index in [1.165, 1.54) is 24.8 Å². The standard InChI is InChI=1S/C15H21FN2/c16-13-6-5-11-7-8-18(15(11)9-13)10-12-3-1-2-4-14(12)17/h5-6,9,12,14H,1-4,7-8,10,17H2. The van der Waals surface area contributed by atoms with Gasteiger partial charge in [-0.2, -0.15) is 0 Å². The molecule has 1 heterocycles. The van der Waals surface area contributed by atoms with Gasteiger partial charge in [0.1, 0.15) is 5.82 Å². The summed E-state index contributed by atoms with van der Waals surface area (Å²) in [4.78, 5) is 2.33. The normalized spacial score (nSPS) is 27.3. The number of anilines is 1. The molecule has 1 aromatic carbocycles. The second kappa shape index (κ2) is 4.88. The summed E-state index contributed by atoms with van der Waals surface area (Å²) in [6, 6.07) is 5.49. The highest BCUT2D eigenvalue weighted by Gasteiger charge is 2.27. The fourth-order valence-electron chi connectivity index (χ4n) is 3.35. The highest BCUT2D eigenvalue weighted by Crippen LogP contribution is 2.32. The van der Waals surface area contributed by atoms with Crippen LogP contribution >= 0.6 is 0 Å². The molecule has 2 aliphatic rings. The molecule has 0 bridgehead atoms. The van der Waals surface area contributed by atoms with Gasteiger partial charge >= 0.3 is 0 Å². The van der Waals surface area contributed by atoms with Crippen LogP contribution in [-0.2, 0) is 6.42 Å². The van der Waals surface area contributed by atoms with E-state index in [1.54, 1.807) is 12.1 Å². The molecule has 18 heavy (non-hydrogen) atoms. The van der Waals surface area contributed by atoms with Gasteiger partial charge < -0.3 is 10.6 Å². The van der Waals surface area contributed by atoms with E-state index in [9.17, 15) is 4.39 Å². The van der Waals surface area contributed by atoms with Crippen LogP contribution in [0, 0.1) is 11.7 Å². The first-order chi connectivity index (χ1) is 8.74. The number of fused-ring (bicyclic) bond motifs is 1. The quantitative estimate of drug-likeness (QED) is 0.872. The van der Waals surface area contributed by atoms with Gasteiger partial charge in [0.2, 0.25) is 0 Å². The van der Waals surface area contributed by atoms with E-state index in [1.807, 2.05) is 6.07 Å². The summed E-state index contributed by atoms with van der Waals surface area (Å²) in [6.45, 7) is 2.01. The van der Waals surface area contributed by atoms with Gasteiger partial charge in [0.25, 0.3) is 0 Å². The highest BCUT2D eigenvalue weighted by molar-refractivity contribution is 5.58. The SMILES string of the molecule is NC1CCCCC1CN1CCc2ccc(F)cc21. The van der Waals surface area contributed by atoms with Crippen molar-refractivity contribution in [2.45, 2.75) is 38.1 Å². The van der Waals surface area contributed by atoms with Crippen LogP contribution in [0.5, 0.6) is 0 Å². The van der Waals surface area contributed by atoms with E-state index in [4.69, 9.17) is 5.73 Å². The van der Waals surface area contributed by atoms with Crippen molar-refractivity contribution in [2.24, 2.45) is 11.7 Å². The molecule has 2 atom stereocenters. The van der Waals surface area contributed by atoms with Crippen molar-refractivity contribution in [1.82, 2.24) is 0 Å². The van der Waals surface area contributed by atoms with Gasteiger partial charge in [0.05, 0.1) is 0 Å². The number of benzene rings is 1. The minimum Gasteiger partial charge on any atom is -0.371 e. The average molecular weight is 248 g/mol. The number of halogens is 1. The molecule has 3 rings (SSSR count). The van der Waals surface area contributed by atoms with Crippen LogP contribution in [0.25, 0.3) is 0 Å². The van der Waals surface area contributed by atoms with E-state index in [2.05, 4.69) is 4.90 Å². The number of rotatable bonds is 2. The van der Waals surface area contributed by atoms with Crippen LogP contribution in [0.3, 0.4) is 0 Å². The summed E-state index contributed by atoms with van der Waals surface area (Å²) < 4.78 is 13.3. The summed E-state index contributed by atoms with van der Waals surface area (Å²) in [5.74, 6) is 0.446. The second-order valence-corrected chi connectivity index (χ2v) is 5.68. The predicted molar refractivity (Wildman–Crippen MR) is 72.3 cm³/mol. The maximum Gasteiger partial charge on any atom is 0.125 e. The largest absolute Gasteiger partial charge is 0.371 e. The number of hydrogen-bond acceptors (Lipinski definition) is 2. The van der Waals surface area contributed by atoms with Gasteiger partial charge in [-0.05, 0) is 42.9 Å². The fraction of sp³-hybridized carbons (Fsp3) is 0.600. The van der Waals surface area contributed by atoms with Crippen LogP contribution in [0.1, 0.15) is 31.2 Å². The molecule has 0 amide bonds. The average Bonchev–Trinajstić information content (AvgIpc) is 2.75. The molecule has 1 fully saturated rings. The summed E-state index contributed by atoms with van der Waals surface area (Å²) in [6.07, 6.45) is 5.97. The van der Waals surface area contributed by atoms with Crippen LogP contribution in [0.15, 0.2) is 18.2 Å². The van der Waals surface area contributed by atoms with E-state index < -0.39 is 0 Å². The molecule has 1 aliphatic carbocycles. The minimum absolute atomic E-state index is 0.131. The lowest BCUT2D eigenvalue weighted by Gasteiger charge is -2.33. The zero-order valence-electron chi connectivity index (χ0n) is 10.7. The van der Waals surface area contributed by atoms with Gasteiger partial charge in [-0.25, -0.2) is 4.39 Å². The van der Waals surface area contributed by atoms with Crippen molar-refractivity contribution < 1.29 is 4.39 Å². The monoisotopic (exact) mass is 248 g/mol. The molecule has 0 saturated heterocycles. The molecule has 0 radical (unpaired) electrons. The van der Waals surface area contributed by atoms with Crippen LogP contribution < -0.4 is 10.6 Å². The van der Waals surface area contributed by atoms with Crippen LogP contribution in [0.2, 0.25) is 0 Å². The molecule has 1 aromatic rings. The fourth-order valence-corrected chi connectivity index (χ4v) is 3.35. The Labute approximate surface area is 108 Å². The Morgan fingerprint density at radius 1 is 1.28 bits per heavy atom. The van der Waals surface area contributed by atoms with E-state index in [0.29, 0.717) is 12.0 Å². The van der Waals surface area contributed by atoms with Gasteiger partial charge in [-0.1, -0.05) is 18.9 Å². The first-order valence-electron chi connectivity index (χ1n) is 7.03. The number of hydrogen-bond donors (Lipinski definition) is 1. The van der Waals surface area contributed by atoms with Gasteiger partial charge in [-0.3, -0.25) is 0 Å². The van der Waals surface area contributed by atoms with Crippen molar-refractivity contribution in [3.8, 4) is 0 Å². The van der Waals surface area contributed by atoms with Gasteiger partial charge in [0.15, 0.2) is 0 Å². The molecule has 1 saturated carbocycles. The summed E-state index contributed by atoms with van der Waals surface area (Å²) in [5, 5.41) is 0. The molecule has 2 unspecified atom stereocenters. The van der Waals surface area contributed by atoms with Crippen LogP contribution in [-0.4, -0.2) is 19.1 Å². The molecule has 3 heteroatoms. The molecule has 1 aliphatic heterocycles. The number of nitrogens with zero attached hydrogens (tertiary/aromatic N) is 1. The smallest absolute Gasteiger partial charge is 0.125 e. The third-order valence-corrected chi connectivity index (χ3v) is 4.46. The van der Waals surface area contributed by atoms with Crippen LogP contribution in [0.4, 0.5) is 10.1 Å². The molecule has 0 spiro atoms. The minimum atomic E-state index is -0.131. The lowest BCUT2D eigenvalue weighted by molar-refractivity contribution is 0.310. The molecule has 98 valence electrons. The lowest BCUT2D eigenvalue weighted by atomic mass is 9.85. The Hall–Kier alpha value is -1.09. The molecule has 2 nitrogen and oxygen atoms in total. The summed E-state index contributed by atoms with van der Waals surface area (Å²) in [5.41, 5.74) is 8.58. The molecular weight excluding hydrogens is 227 g/mol. The third kappa shape index (κ3) is 2.24. The Balaban J connectivity index is 1.74. The zero-order chi connectivity index (χ0) is 12.5. The number of nitrogens with two attached hydrogens (primary N) is 1. The second-order valence-electron chi connectivity index (χ2n) is 5.68. The van der Waals surface area contributed by atoms with Gasteiger partial charge in [0, 0.05) is 24.8 Å². The molecule has 0 aromatic heterocycles. The molecular formula is C15H21FN2. The van der Waals surface area contributed by atoms with E-state index in [-0.39, 0.29) is 5.82 Å². The Kier molecular flexibility index (Phi) is 3.25. The first kappa shape index (κ1) is 12.0. The van der Waals surface area contributed by atoms with E-state index >= 15 is 0 Å². The molecule has 2 N–H and O–H groups in total. The Bertz CT molecular complexity index is 433. The Morgan fingerprint density at radius 2 is 2.11 bits per heavy atom. The van der Waals surface area contributed by atoms with Crippen molar-refractivity contribution in [3.05, 3.63) is 29.6 Å². The maximum atomic E-state index is 13.3. The zero-order valence-corrected chi connectivity index (χ0v) is 10.7. The van der Waals surface area contributed by atoms with Crippen molar-refractivity contribution in [2.75, 3.05) is 18.0 Å². The third-order valence-electron chi connectivity index (χ3n) is 4.46. The first-order valence-corrected chi connectivity index (χ1v) is 7.03. The summed E-state index contributed by atoms with van der Waals surface area (Å²) in [7, 11) is 0. The lowest BCUT2D eigenvalue weighted by Crippen LogP contribution is -2.40. The Morgan fingerprint density at radius 3 is 2.94 bits per heavy atom. The highest BCUT2D eigenvalue weighted by atomic mass is 19.1. The van der Waals surface area contributed by atoms with Crippen molar-refractivity contribution in [1.29, 1.82) is 0 Å².